The Morgan fingerprint density at radius 3 is 2.96 bits per heavy atom. The van der Waals surface area contributed by atoms with Gasteiger partial charge >= 0.3 is 0 Å². The minimum atomic E-state index is 0.312. The van der Waals surface area contributed by atoms with Crippen molar-refractivity contribution in [2.24, 2.45) is 4.99 Å². The molecular formula is C18H36N4O3. The van der Waals surface area contributed by atoms with Gasteiger partial charge in [-0.15, -0.1) is 0 Å². The monoisotopic (exact) mass is 356 g/mol. The van der Waals surface area contributed by atoms with E-state index in [2.05, 4.69) is 34.4 Å². The van der Waals surface area contributed by atoms with E-state index in [0.29, 0.717) is 18.2 Å². The molecule has 7 heteroatoms. The minimum absolute atomic E-state index is 0.312. The Hall–Kier alpha value is -0.890. The Balaban J connectivity index is 1.52. The van der Waals surface area contributed by atoms with Crippen LogP contribution in [0.4, 0.5) is 0 Å². The molecule has 25 heavy (non-hydrogen) atoms. The molecule has 0 aliphatic carbocycles. The van der Waals surface area contributed by atoms with Crippen molar-refractivity contribution in [2.45, 2.75) is 51.3 Å². The van der Waals surface area contributed by atoms with E-state index in [-0.39, 0.29) is 0 Å². The predicted molar refractivity (Wildman–Crippen MR) is 100 cm³/mol. The normalized spacial score (nSPS) is 26.6. The van der Waals surface area contributed by atoms with Gasteiger partial charge in [-0.1, -0.05) is 0 Å². The number of hydrogen-bond donors (Lipinski definition) is 2. The van der Waals surface area contributed by atoms with Crippen LogP contribution in [0.1, 0.15) is 33.1 Å². The number of nitrogens with zero attached hydrogens (tertiary/aromatic N) is 2. The first-order chi connectivity index (χ1) is 12.2. The van der Waals surface area contributed by atoms with E-state index in [0.717, 1.165) is 71.5 Å². The summed E-state index contributed by atoms with van der Waals surface area (Å²) in [7, 11) is 1.81. The number of hydrogen-bond acceptors (Lipinski definition) is 5. The number of guanidine groups is 1. The Morgan fingerprint density at radius 1 is 1.36 bits per heavy atom. The molecule has 0 bridgehead atoms. The van der Waals surface area contributed by atoms with E-state index in [1.165, 1.54) is 6.42 Å². The molecule has 2 N–H and O–H groups in total. The maximum absolute atomic E-state index is 5.68. The van der Waals surface area contributed by atoms with Gasteiger partial charge in [-0.3, -0.25) is 9.89 Å². The fourth-order valence-electron chi connectivity index (χ4n) is 3.35. The maximum atomic E-state index is 5.68. The first kappa shape index (κ1) is 20.4. The van der Waals surface area contributed by atoms with Crippen molar-refractivity contribution in [2.75, 3.05) is 59.7 Å². The van der Waals surface area contributed by atoms with Crippen molar-refractivity contribution in [3.05, 3.63) is 0 Å². The van der Waals surface area contributed by atoms with Gasteiger partial charge in [-0.25, -0.2) is 0 Å². The Labute approximate surface area is 152 Å². The first-order valence-corrected chi connectivity index (χ1v) is 9.68. The lowest BCUT2D eigenvalue weighted by Gasteiger charge is -2.38. The molecule has 0 amide bonds. The molecule has 3 unspecified atom stereocenters. The second-order valence-corrected chi connectivity index (χ2v) is 6.95. The summed E-state index contributed by atoms with van der Waals surface area (Å²) in [6.07, 6.45) is 3.57. The summed E-state index contributed by atoms with van der Waals surface area (Å²) in [5.41, 5.74) is 0. The average Bonchev–Trinajstić information content (AvgIpc) is 3.14. The van der Waals surface area contributed by atoms with Crippen molar-refractivity contribution in [1.82, 2.24) is 15.5 Å². The van der Waals surface area contributed by atoms with Crippen molar-refractivity contribution >= 4 is 5.96 Å². The molecule has 0 aromatic rings. The average molecular weight is 357 g/mol. The van der Waals surface area contributed by atoms with E-state index in [9.17, 15) is 0 Å². The van der Waals surface area contributed by atoms with Crippen molar-refractivity contribution in [3.63, 3.8) is 0 Å². The van der Waals surface area contributed by atoms with Gasteiger partial charge in [0.1, 0.15) is 0 Å². The standard InChI is InChI=1S/C18H36N4O3/c1-15(22-8-11-24-13-16(22)2)12-21-18(19-3)20-7-5-9-23-14-17-6-4-10-25-17/h15-17H,4-14H2,1-3H3,(H2,19,20,21). The number of aliphatic imine (C=N–C) groups is 1. The topological polar surface area (TPSA) is 67.4 Å². The number of nitrogens with one attached hydrogen (secondary N) is 2. The summed E-state index contributed by atoms with van der Waals surface area (Å²) in [5, 5.41) is 6.77. The lowest BCUT2D eigenvalue weighted by molar-refractivity contribution is -0.0174. The molecule has 2 rings (SSSR count). The van der Waals surface area contributed by atoms with Crippen LogP contribution in [0.5, 0.6) is 0 Å². The molecule has 2 fully saturated rings. The van der Waals surface area contributed by atoms with Crippen LogP contribution in [-0.2, 0) is 14.2 Å². The minimum Gasteiger partial charge on any atom is -0.379 e. The molecule has 2 saturated heterocycles. The smallest absolute Gasteiger partial charge is 0.191 e. The molecular weight excluding hydrogens is 320 g/mol. The third-order valence-corrected chi connectivity index (χ3v) is 4.86. The predicted octanol–water partition coefficient (Wildman–Crippen LogP) is 0.846. The lowest BCUT2D eigenvalue weighted by Crippen LogP contribution is -2.53. The summed E-state index contributed by atoms with van der Waals surface area (Å²) in [5.74, 6) is 0.854. The summed E-state index contributed by atoms with van der Waals surface area (Å²) in [4.78, 5) is 6.78. The highest BCUT2D eigenvalue weighted by atomic mass is 16.5. The molecule has 2 aliphatic heterocycles. The quantitative estimate of drug-likeness (QED) is 0.363. The fourth-order valence-corrected chi connectivity index (χ4v) is 3.35. The zero-order chi connectivity index (χ0) is 17.9. The summed E-state index contributed by atoms with van der Waals surface area (Å²) in [6, 6.07) is 0.925. The van der Waals surface area contributed by atoms with Crippen LogP contribution in [0, 0.1) is 0 Å². The SMILES string of the molecule is CN=C(NCCCOCC1CCCO1)NCC(C)N1CCOCC1C. The largest absolute Gasteiger partial charge is 0.379 e. The van der Waals surface area contributed by atoms with E-state index < -0.39 is 0 Å². The Morgan fingerprint density at radius 2 is 2.24 bits per heavy atom. The maximum Gasteiger partial charge on any atom is 0.191 e. The van der Waals surface area contributed by atoms with Gasteiger partial charge < -0.3 is 24.8 Å². The third kappa shape index (κ3) is 7.48. The zero-order valence-electron chi connectivity index (χ0n) is 16.1. The molecule has 0 aromatic carbocycles. The third-order valence-electron chi connectivity index (χ3n) is 4.86. The summed E-state index contributed by atoms with van der Waals surface area (Å²) >= 11 is 0. The van der Waals surface area contributed by atoms with Crippen molar-refractivity contribution < 1.29 is 14.2 Å². The number of morpholine rings is 1. The Kier molecular flexibility index (Phi) is 9.54. The molecule has 0 aromatic heterocycles. The van der Waals surface area contributed by atoms with Gasteiger partial charge in [0.25, 0.3) is 0 Å². The molecule has 7 nitrogen and oxygen atoms in total. The first-order valence-electron chi connectivity index (χ1n) is 9.68. The van der Waals surface area contributed by atoms with Crippen LogP contribution in [0.2, 0.25) is 0 Å². The van der Waals surface area contributed by atoms with E-state index in [1.54, 1.807) is 0 Å². The van der Waals surface area contributed by atoms with Crippen LogP contribution in [-0.4, -0.2) is 88.8 Å². The van der Waals surface area contributed by atoms with Crippen LogP contribution in [0.3, 0.4) is 0 Å². The molecule has 0 spiro atoms. The fraction of sp³-hybridized carbons (Fsp3) is 0.944. The van der Waals surface area contributed by atoms with Crippen molar-refractivity contribution in [3.8, 4) is 0 Å². The van der Waals surface area contributed by atoms with Crippen LogP contribution < -0.4 is 10.6 Å². The number of ether oxygens (including phenoxy) is 3. The molecule has 2 aliphatic rings. The van der Waals surface area contributed by atoms with Crippen LogP contribution in [0.25, 0.3) is 0 Å². The highest BCUT2D eigenvalue weighted by Gasteiger charge is 2.23. The van der Waals surface area contributed by atoms with Gasteiger partial charge in [-0.05, 0) is 33.1 Å². The van der Waals surface area contributed by atoms with E-state index >= 15 is 0 Å². The Bertz CT molecular complexity index is 389. The molecule has 0 saturated carbocycles. The molecule has 0 radical (unpaired) electrons. The van der Waals surface area contributed by atoms with E-state index in [4.69, 9.17) is 14.2 Å². The van der Waals surface area contributed by atoms with Gasteiger partial charge in [0.05, 0.1) is 25.9 Å². The molecule has 146 valence electrons. The van der Waals surface area contributed by atoms with Gasteiger partial charge in [-0.2, -0.15) is 0 Å². The molecule has 2 heterocycles. The summed E-state index contributed by atoms with van der Waals surface area (Å²) < 4.78 is 16.7. The lowest BCUT2D eigenvalue weighted by atomic mass is 10.2. The second-order valence-electron chi connectivity index (χ2n) is 6.95. The van der Waals surface area contributed by atoms with Gasteiger partial charge in [0.15, 0.2) is 5.96 Å². The van der Waals surface area contributed by atoms with Crippen LogP contribution >= 0.6 is 0 Å². The van der Waals surface area contributed by atoms with Gasteiger partial charge in [0.2, 0.25) is 0 Å². The summed E-state index contributed by atoms with van der Waals surface area (Å²) in [6.45, 7) is 11.2. The van der Waals surface area contributed by atoms with E-state index in [1.807, 2.05) is 7.05 Å². The highest BCUT2D eigenvalue weighted by Crippen LogP contribution is 2.12. The number of rotatable bonds is 9. The highest BCUT2D eigenvalue weighted by molar-refractivity contribution is 5.79. The van der Waals surface area contributed by atoms with Crippen molar-refractivity contribution in [1.29, 1.82) is 0 Å². The van der Waals surface area contributed by atoms with Crippen LogP contribution in [0.15, 0.2) is 4.99 Å². The zero-order valence-corrected chi connectivity index (χ0v) is 16.1. The van der Waals surface area contributed by atoms with Gasteiger partial charge in [0, 0.05) is 52.0 Å². The molecule has 3 atom stereocenters. The second kappa shape index (κ2) is 11.7.